The van der Waals surface area contributed by atoms with Crippen LogP contribution >= 0.6 is 0 Å². The Morgan fingerprint density at radius 3 is 2.52 bits per heavy atom. The third-order valence-electron chi connectivity index (χ3n) is 4.15. The van der Waals surface area contributed by atoms with Gasteiger partial charge < -0.3 is 14.4 Å². The molecule has 2 aliphatic rings. The maximum absolute atomic E-state index is 5.78. The Labute approximate surface area is 141 Å². The Hall–Kier alpha value is -1.50. The van der Waals surface area contributed by atoms with Crippen LogP contribution in [-0.2, 0) is 16.1 Å². The largest absolute Gasteiger partial charge is 0.378 e. The first-order valence-electron chi connectivity index (χ1n) is 8.66. The van der Waals surface area contributed by atoms with Crippen molar-refractivity contribution in [2.24, 2.45) is 5.41 Å². The molecular weight excluding hydrogens is 286 g/mol. The number of fused-ring (bicyclic) bond motifs is 1. The maximum Gasteiger partial charge on any atom is 0.0756 e. The van der Waals surface area contributed by atoms with Gasteiger partial charge >= 0.3 is 0 Å². The first-order chi connectivity index (χ1) is 11.1. The molecule has 0 bridgehead atoms. The molecule has 2 aliphatic heterocycles. The number of rotatable bonds is 1. The number of anilines is 1. The van der Waals surface area contributed by atoms with E-state index in [1.807, 2.05) is 13.8 Å². The van der Waals surface area contributed by atoms with Crippen molar-refractivity contribution in [3.8, 4) is 11.8 Å². The highest BCUT2D eigenvalue weighted by Gasteiger charge is 2.31. The highest BCUT2D eigenvalue weighted by atomic mass is 16.5. The first kappa shape index (κ1) is 17.8. The number of benzene rings is 1. The number of hydrogen-bond donors (Lipinski definition) is 0. The minimum absolute atomic E-state index is 0.0199. The Balaban J connectivity index is 0.000000924. The van der Waals surface area contributed by atoms with E-state index < -0.39 is 0 Å². The van der Waals surface area contributed by atoms with E-state index >= 15 is 0 Å². The number of ether oxygens (including phenoxy) is 2. The predicted octanol–water partition coefficient (Wildman–Crippen LogP) is 3.85. The van der Waals surface area contributed by atoms with Crippen molar-refractivity contribution >= 4 is 5.69 Å². The van der Waals surface area contributed by atoms with Gasteiger partial charge in [0.2, 0.25) is 0 Å². The first-order valence-corrected chi connectivity index (χ1v) is 8.66. The molecule has 1 aromatic carbocycles. The van der Waals surface area contributed by atoms with Gasteiger partial charge in [0.15, 0.2) is 0 Å². The van der Waals surface area contributed by atoms with Gasteiger partial charge in [-0.05, 0) is 32.9 Å². The van der Waals surface area contributed by atoms with Gasteiger partial charge in [-0.1, -0.05) is 31.8 Å². The molecule has 3 rings (SSSR count). The van der Waals surface area contributed by atoms with Crippen molar-refractivity contribution in [1.82, 2.24) is 0 Å². The van der Waals surface area contributed by atoms with Crippen LogP contribution in [0.4, 0.5) is 5.69 Å². The standard InChI is InChI=1S/C18H23NO2.C2H6/c1-14(2)19-9-10-20-11-16-15(5-4-6-17(16)19)7-8-18(3)12-21-13-18;1-2/h4-6,14H,9-13H2,1-3H3;1-2H3. The summed E-state index contributed by atoms with van der Waals surface area (Å²) in [6.07, 6.45) is 0. The Morgan fingerprint density at radius 2 is 1.91 bits per heavy atom. The number of hydrogen-bond acceptors (Lipinski definition) is 3. The lowest BCUT2D eigenvalue weighted by Crippen LogP contribution is -2.38. The molecular formula is C20H29NO2. The smallest absolute Gasteiger partial charge is 0.0756 e. The molecule has 2 heterocycles. The van der Waals surface area contributed by atoms with E-state index in [4.69, 9.17) is 9.47 Å². The van der Waals surface area contributed by atoms with Crippen LogP contribution in [0.3, 0.4) is 0 Å². The van der Waals surface area contributed by atoms with E-state index in [2.05, 4.69) is 55.7 Å². The molecule has 0 atom stereocenters. The molecule has 1 saturated heterocycles. The average molecular weight is 315 g/mol. The highest BCUT2D eigenvalue weighted by molar-refractivity contribution is 5.61. The molecule has 23 heavy (non-hydrogen) atoms. The van der Waals surface area contributed by atoms with E-state index in [-0.39, 0.29) is 5.41 Å². The van der Waals surface area contributed by atoms with Crippen molar-refractivity contribution in [2.75, 3.05) is 31.3 Å². The molecule has 0 saturated carbocycles. The summed E-state index contributed by atoms with van der Waals surface area (Å²) in [5, 5.41) is 0. The second-order valence-electron chi connectivity index (χ2n) is 6.45. The molecule has 0 N–H and O–H groups in total. The highest BCUT2D eigenvalue weighted by Crippen LogP contribution is 2.29. The Bertz CT molecular complexity index is 579. The lowest BCUT2D eigenvalue weighted by Gasteiger charge is -2.32. The van der Waals surface area contributed by atoms with Gasteiger partial charge in [0.1, 0.15) is 0 Å². The normalized spacial score (nSPS) is 18.6. The topological polar surface area (TPSA) is 21.7 Å². The summed E-state index contributed by atoms with van der Waals surface area (Å²) in [6, 6.07) is 6.85. The summed E-state index contributed by atoms with van der Waals surface area (Å²) in [5.74, 6) is 6.74. The molecule has 1 aromatic rings. The van der Waals surface area contributed by atoms with Crippen LogP contribution < -0.4 is 4.90 Å². The van der Waals surface area contributed by atoms with E-state index in [0.717, 1.165) is 31.9 Å². The fraction of sp³-hybridized carbons (Fsp3) is 0.600. The second kappa shape index (κ2) is 7.86. The van der Waals surface area contributed by atoms with Gasteiger partial charge in [-0.15, -0.1) is 0 Å². The molecule has 0 aliphatic carbocycles. The Kier molecular flexibility index (Phi) is 6.10. The summed E-state index contributed by atoms with van der Waals surface area (Å²) in [5.41, 5.74) is 3.60. The van der Waals surface area contributed by atoms with Crippen LogP contribution in [0.2, 0.25) is 0 Å². The third kappa shape index (κ3) is 4.07. The summed E-state index contributed by atoms with van der Waals surface area (Å²) >= 11 is 0. The van der Waals surface area contributed by atoms with Crippen LogP contribution in [0.1, 0.15) is 45.7 Å². The minimum atomic E-state index is 0.0199. The van der Waals surface area contributed by atoms with Gasteiger partial charge in [-0.3, -0.25) is 0 Å². The summed E-state index contributed by atoms with van der Waals surface area (Å²) < 4.78 is 11.1. The quantitative estimate of drug-likeness (QED) is 0.735. The maximum atomic E-state index is 5.78. The van der Waals surface area contributed by atoms with E-state index in [9.17, 15) is 0 Å². The Morgan fingerprint density at radius 1 is 1.17 bits per heavy atom. The summed E-state index contributed by atoms with van der Waals surface area (Å²) in [7, 11) is 0. The monoisotopic (exact) mass is 315 g/mol. The van der Waals surface area contributed by atoms with E-state index in [1.165, 1.54) is 11.3 Å². The average Bonchev–Trinajstić information content (AvgIpc) is 2.75. The van der Waals surface area contributed by atoms with Crippen molar-refractivity contribution in [3.63, 3.8) is 0 Å². The van der Waals surface area contributed by atoms with Gasteiger partial charge in [-0.25, -0.2) is 0 Å². The molecule has 0 aromatic heterocycles. The van der Waals surface area contributed by atoms with Gasteiger partial charge in [0, 0.05) is 29.4 Å². The summed E-state index contributed by atoms with van der Waals surface area (Å²) in [4.78, 5) is 2.40. The molecule has 0 radical (unpaired) electrons. The zero-order valence-corrected chi connectivity index (χ0v) is 15.1. The SMILES string of the molecule is CC.CC(C)N1CCOCc2c(C#CC3(C)COC3)cccc21. The lowest BCUT2D eigenvalue weighted by atomic mass is 9.89. The van der Waals surface area contributed by atoms with Crippen LogP contribution in [0, 0.1) is 17.3 Å². The van der Waals surface area contributed by atoms with Crippen LogP contribution in [0.15, 0.2) is 18.2 Å². The lowest BCUT2D eigenvalue weighted by molar-refractivity contribution is -0.0648. The van der Waals surface area contributed by atoms with Crippen molar-refractivity contribution in [2.45, 2.75) is 47.3 Å². The van der Waals surface area contributed by atoms with Crippen molar-refractivity contribution in [1.29, 1.82) is 0 Å². The van der Waals surface area contributed by atoms with E-state index in [1.54, 1.807) is 0 Å². The fourth-order valence-electron chi connectivity index (χ4n) is 2.81. The van der Waals surface area contributed by atoms with Crippen LogP contribution in [0.25, 0.3) is 0 Å². The molecule has 0 spiro atoms. The fourth-order valence-corrected chi connectivity index (χ4v) is 2.81. The van der Waals surface area contributed by atoms with Crippen LogP contribution in [-0.4, -0.2) is 32.4 Å². The molecule has 0 amide bonds. The van der Waals surface area contributed by atoms with E-state index in [0.29, 0.717) is 12.6 Å². The van der Waals surface area contributed by atoms with Crippen molar-refractivity contribution < 1.29 is 9.47 Å². The molecule has 0 unspecified atom stereocenters. The zero-order chi connectivity index (χ0) is 16.9. The molecule has 126 valence electrons. The predicted molar refractivity (Wildman–Crippen MR) is 95.7 cm³/mol. The second-order valence-corrected chi connectivity index (χ2v) is 6.45. The van der Waals surface area contributed by atoms with Gasteiger partial charge in [0.25, 0.3) is 0 Å². The van der Waals surface area contributed by atoms with Crippen molar-refractivity contribution in [3.05, 3.63) is 29.3 Å². The van der Waals surface area contributed by atoms with Gasteiger partial charge in [0.05, 0.1) is 31.8 Å². The van der Waals surface area contributed by atoms with Gasteiger partial charge in [-0.2, -0.15) is 0 Å². The zero-order valence-electron chi connectivity index (χ0n) is 15.1. The third-order valence-corrected chi connectivity index (χ3v) is 4.15. The molecule has 3 nitrogen and oxygen atoms in total. The number of nitrogens with zero attached hydrogens (tertiary/aromatic N) is 1. The minimum Gasteiger partial charge on any atom is -0.378 e. The summed E-state index contributed by atoms with van der Waals surface area (Å²) in [6.45, 7) is 14.4. The molecule has 3 heteroatoms. The van der Waals surface area contributed by atoms with Crippen LogP contribution in [0.5, 0.6) is 0 Å². The molecule has 1 fully saturated rings.